The summed E-state index contributed by atoms with van der Waals surface area (Å²) in [5, 5.41) is 8.97. The lowest BCUT2D eigenvalue weighted by atomic mass is 9.94. The highest BCUT2D eigenvalue weighted by atomic mass is 32.2. The van der Waals surface area contributed by atoms with E-state index in [0.717, 1.165) is 6.42 Å². The van der Waals surface area contributed by atoms with Gasteiger partial charge < -0.3 is 5.11 Å². The van der Waals surface area contributed by atoms with Crippen LogP contribution in [0.1, 0.15) is 33.1 Å². The first-order chi connectivity index (χ1) is 9.30. The average molecular weight is 304 g/mol. The van der Waals surface area contributed by atoms with Crippen LogP contribution in [0.3, 0.4) is 0 Å². The van der Waals surface area contributed by atoms with E-state index in [9.17, 15) is 13.2 Å². The van der Waals surface area contributed by atoms with Crippen LogP contribution in [-0.2, 0) is 15.0 Å². The summed E-state index contributed by atoms with van der Waals surface area (Å²) in [7, 11) is -3.43. The van der Waals surface area contributed by atoms with Crippen LogP contribution in [0.15, 0.2) is 0 Å². The van der Waals surface area contributed by atoms with Crippen molar-refractivity contribution < 1.29 is 18.3 Å². The molecular formula is C13H24N2O4S. The molecule has 2 unspecified atom stereocenters. The van der Waals surface area contributed by atoms with Crippen molar-refractivity contribution in [2.45, 2.75) is 33.1 Å². The van der Waals surface area contributed by atoms with Crippen molar-refractivity contribution in [1.29, 1.82) is 0 Å². The molecule has 116 valence electrons. The van der Waals surface area contributed by atoms with Crippen LogP contribution in [0.4, 0.5) is 0 Å². The number of hydrogen-bond acceptors (Lipinski definition) is 3. The molecule has 0 saturated carbocycles. The Bertz CT molecular complexity index is 447. The van der Waals surface area contributed by atoms with Crippen molar-refractivity contribution in [3.8, 4) is 0 Å². The molecule has 2 rings (SSSR count). The Kier molecular flexibility index (Phi) is 4.71. The van der Waals surface area contributed by atoms with Gasteiger partial charge in [0, 0.05) is 26.2 Å². The molecule has 6 nitrogen and oxygen atoms in total. The lowest BCUT2D eigenvalue weighted by Crippen LogP contribution is -2.51. The topological polar surface area (TPSA) is 77.9 Å². The zero-order chi connectivity index (χ0) is 14.9. The standard InChI is InChI=1S/C13H24N2O4S/c1-10-7-11(2)9-15(8-10)20(18,19)14-5-3-12(4-6-14)13(16)17/h10-12H,3-9H2,1-2H3,(H,16,17). The molecule has 2 saturated heterocycles. The SMILES string of the molecule is CC1CC(C)CN(S(=O)(=O)N2CCC(C(=O)O)CC2)C1. The highest BCUT2D eigenvalue weighted by molar-refractivity contribution is 7.86. The van der Waals surface area contributed by atoms with E-state index in [1.807, 2.05) is 0 Å². The summed E-state index contributed by atoms with van der Waals surface area (Å²) in [6, 6.07) is 0. The molecule has 0 spiro atoms. The monoisotopic (exact) mass is 304 g/mol. The highest BCUT2D eigenvalue weighted by Gasteiger charge is 2.37. The Hall–Kier alpha value is -0.660. The molecule has 0 aromatic rings. The number of hydrogen-bond donors (Lipinski definition) is 1. The van der Waals surface area contributed by atoms with Gasteiger partial charge in [0.1, 0.15) is 0 Å². The second-order valence-corrected chi connectivity index (χ2v) is 8.21. The quantitative estimate of drug-likeness (QED) is 0.844. The second-order valence-electron chi connectivity index (χ2n) is 6.28. The zero-order valence-electron chi connectivity index (χ0n) is 12.2. The van der Waals surface area contributed by atoms with Crippen molar-refractivity contribution >= 4 is 16.2 Å². The van der Waals surface area contributed by atoms with Gasteiger partial charge in [-0.15, -0.1) is 0 Å². The number of nitrogens with zero attached hydrogens (tertiary/aromatic N) is 2. The smallest absolute Gasteiger partial charge is 0.306 e. The number of carboxylic acids is 1. The third-order valence-electron chi connectivity index (χ3n) is 4.29. The van der Waals surface area contributed by atoms with Crippen molar-refractivity contribution in [1.82, 2.24) is 8.61 Å². The van der Waals surface area contributed by atoms with Gasteiger partial charge in [-0.05, 0) is 31.1 Å². The van der Waals surface area contributed by atoms with Gasteiger partial charge in [0.25, 0.3) is 10.2 Å². The first-order valence-electron chi connectivity index (χ1n) is 7.28. The van der Waals surface area contributed by atoms with Crippen LogP contribution in [-0.4, -0.2) is 54.3 Å². The Balaban J connectivity index is 2.02. The predicted molar refractivity (Wildman–Crippen MR) is 75.4 cm³/mol. The van der Waals surface area contributed by atoms with E-state index in [-0.39, 0.29) is 0 Å². The molecule has 0 aromatic heterocycles. The molecule has 0 aliphatic carbocycles. The molecule has 1 N–H and O–H groups in total. The first-order valence-corrected chi connectivity index (χ1v) is 8.68. The molecule has 0 amide bonds. The van der Waals surface area contributed by atoms with Gasteiger partial charge in [0.15, 0.2) is 0 Å². The Morgan fingerprint density at radius 3 is 2.00 bits per heavy atom. The molecule has 20 heavy (non-hydrogen) atoms. The lowest BCUT2D eigenvalue weighted by Gasteiger charge is -2.38. The van der Waals surface area contributed by atoms with E-state index in [0.29, 0.717) is 50.9 Å². The molecule has 2 aliphatic heterocycles. The van der Waals surface area contributed by atoms with E-state index in [4.69, 9.17) is 5.11 Å². The van der Waals surface area contributed by atoms with Gasteiger partial charge in [0.05, 0.1) is 5.92 Å². The van der Waals surface area contributed by atoms with E-state index in [1.165, 1.54) is 4.31 Å². The molecule has 7 heteroatoms. The largest absolute Gasteiger partial charge is 0.481 e. The van der Waals surface area contributed by atoms with E-state index in [2.05, 4.69) is 13.8 Å². The minimum atomic E-state index is -3.43. The average Bonchev–Trinajstić information content (AvgIpc) is 2.37. The molecule has 0 aromatic carbocycles. The molecule has 0 radical (unpaired) electrons. The van der Waals surface area contributed by atoms with E-state index in [1.54, 1.807) is 4.31 Å². The summed E-state index contributed by atoms with van der Waals surface area (Å²) in [4.78, 5) is 10.9. The molecule has 2 fully saturated rings. The number of aliphatic carboxylic acids is 1. The Morgan fingerprint density at radius 1 is 1.05 bits per heavy atom. The van der Waals surface area contributed by atoms with Gasteiger partial charge >= 0.3 is 5.97 Å². The summed E-state index contributed by atoms with van der Waals surface area (Å²) in [6.07, 6.45) is 1.88. The minimum Gasteiger partial charge on any atom is -0.481 e. The number of carbonyl (C=O) groups is 1. The Labute approximate surface area is 120 Å². The number of carboxylic acid groups (broad SMARTS) is 1. The molecule has 2 atom stereocenters. The first kappa shape index (κ1) is 15.7. The predicted octanol–water partition coefficient (Wildman–Crippen LogP) is 1.01. The maximum absolute atomic E-state index is 12.6. The molecule has 2 aliphatic rings. The zero-order valence-corrected chi connectivity index (χ0v) is 13.0. The van der Waals surface area contributed by atoms with Gasteiger partial charge in [0.2, 0.25) is 0 Å². The normalized spacial score (nSPS) is 31.3. The van der Waals surface area contributed by atoms with Crippen molar-refractivity contribution in [3.63, 3.8) is 0 Å². The maximum Gasteiger partial charge on any atom is 0.306 e. The van der Waals surface area contributed by atoms with E-state index < -0.39 is 22.1 Å². The fraction of sp³-hybridized carbons (Fsp3) is 0.923. The second kappa shape index (κ2) is 5.99. The van der Waals surface area contributed by atoms with Gasteiger partial charge in [-0.2, -0.15) is 17.0 Å². The fourth-order valence-electron chi connectivity index (χ4n) is 3.29. The minimum absolute atomic E-state index is 0.318. The maximum atomic E-state index is 12.6. The summed E-state index contributed by atoms with van der Waals surface area (Å²) >= 11 is 0. The van der Waals surface area contributed by atoms with Crippen LogP contribution < -0.4 is 0 Å². The van der Waals surface area contributed by atoms with Gasteiger partial charge in [-0.3, -0.25) is 4.79 Å². The van der Waals surface area contributed by atoms with Crippen LogP contribution in [0.25, 0.3) is 0 Å². The fourth-order valence-corrected chi connectivity index (χ4v) is 5.18. The van der Waals surface area contributed by atoms with Crippen molar-refractivity contribution in [2.24, 2.45) is 17.8 Å². The van der Waals surface area contributed by atoms with Gasteiger partial charge in [-0.25, -0.2) is 0 Å². The molecule has 2 heterocycles. The number of piperidine rings is 2. The summed E-state index contributed by atoms with van der Waals surface area (Å²) in [5.41, 5.74) is 0. The van der Waals surface area contributed by atoms with Crippen LogP contribution in [0.2, 0.25) is 0 Å². The summed E-state index contributed by atoms with van der Waals surface area (Å²) in [6.45, 7) is 5.94. The lowest BCUT2D eigenvalue weighted by molar-refractivity contribution is -0.142. The third-order valence-corrected chi connectivity index (χ3v) is 6.26. The van der Waals surface area contributed by atoms with Crippen molar-refractivity contribution in [3.05, 3.63) is 0 Å². The summed E-state index contributed by atoms with van der Waals surface area (Å²) in [5.74, 6) is -0.460. The number of rotatable bonds is 3. The third kappa shape index (κ3) is 3.32. The van der Waals surface area contributed by atoms with Gasteiger partial charge in [-0.1, -0.05) is 13.8 Å². The summed E-state index contributed by atoms with van der Waals surface area (Å²) < 4.78 is 28.3. The van der Waals surface area contributed by atoms with Crippen molar-refractivity contribution in [2.75, 3.05) is 26.2 Å². The highest BCUT2D eigenvalue weighted by Crippen LogP contribution is 2.27. The molecule has 0 bridgehead atoms. The molecular weight excluding hydrogens is 280 g/mol. The Morgan fingerprint density at radius 2 is 1.55 bits per heavy atom. The van der Waals surface area contributed by atoms with Crippen LogP contribution in [0.5, 0.6) is 0 Å². The van der Waals surface area contributed by atoms with Crippen LogP contribution in [0, 0.1) is 17.8 Å². The van der Waals surface area contributed by atoms with E-state index >= 15 is 0 Å². The van der Waals surface area contributed by atoms with Crippen LogP contribution >= 0.6 is 0 Å².